The predicted octanol–water partition coefficient (Wildman–Crippen LogP) is 5.10. The number of hydrogen-bond acceptors (Lipinski definition) is 2. The average Bonchev–Trinajstić information content (AvgIpc) is 2.50. The van der Waals surface area contributed by atoms with Crippen LogP contribution in [-0.4, -0.2) is 13.7 Å². The van der Waals surface area contributed by atoms with Crippen LogP contribution in [0.2, 0.25) is 0 Å². The minimum absolute atomic E-state index is 0.418. The van der Waals surface area contributed by atoms with E-state index >= 15 is 0 Å². The summed E-state index contributed by atoms with van der Waals surface area (Å²) in [6, 6.07) is 8.76. The van der Waals surface area contributed by atoms with Gasteiger partial charge in [-0.2, -0.15) is 0 Å². The second-order valence-corrected chi connectivity index (χ2v) is 5.57. The molecule has 114 valence electrons. The lowest BCUT2D eigenvalue weighted by molar-refractivity contribution is 0.414. The zero-order valence-corrected chi connectivity index (χ0v) is 13.5. The third kappa shape index (κ3) is 6.95. The van der Waals surface area contributed by atoms with Crippen molar-refractivity contribution in [2.24, 2.45) is 0 Å². The molecule has 0 aliphatic rings. The van der Waals surface area contributed by atoms with Crippen molar-refractivity contribution in [3.8, 4) is 5.75 Å². The molecule has 0 amide bonds. The summed E-state index contributed by atoms with van der Waals surface area (Å²) in [5.41, 5.74) is 1.33. The third-order valence-electron chi connectivity index (χ3n) is 3.85. The van der Waals surface area contributed by atoms with Crippen LogP contribution in [0, 0.1) is 0 Å². The van der Waals surface area contributed by atoms with Crippen molar-refractivity contribution in [2.75, 3.05) is 13.7 Å². The number of rotatable bonds is 11. The van der Waals surface area contributed by atoms with Gasteiger partial charge in [-0.15, -0.1) is 0 Å². The topological polar surface area (TPSA) is 21.3 Å². The van der Waals surface area contributed by atoms with Gasteiger partial charge in [0, 0.05) is 6.04 Å². The zero-order chi connectivity index (χ0) is 14.6. The van der Waals surface area contributed by atoms with Gasteiger partial charge in [0.2, 0.25) is 0 Å². The van der Waals surface area contributed by atoms with E-state index in [9.17, 15) is 0 Å². The normalized spacial score (nSPS) is 12.3. The average molecular weight is 277 g/mol. The molecule has 0 unspecified atom stereocenters. The van der Waals surface area contributed by atoms with E-state index in [2.05, 4.69) is 31.3 Å². The summed E-state index contributed by atoms with van der Waals surface area (Å²) in [7, 11) is 1.71. The van der Waals surface area contributed by atoms with Gasteiger partial charge < -0.3 is 10.1 Å². The predicted molar refractivity (Wildman–Crippen MR) is 87.4 cm³/mol. The van der Waals surface area contributed by atoms with Crippen molar-refractivity contribution in [1.29, 1.82) is 0 Å². The van der Waals surface area contributed by atoms with Crippen molar-refractivity contribution in [1.82, 2.24) is 5.32 Å². The van der Waals surface area contributed by atoms with Gasteiger partial charge in [-0.05, 0) is 37.6 Å². The highest BCUT2D eigenvalue weighted by Gasteiger charge is 2.04. The number of ether oxygens (including phenoxy) is 1. The van der Waals surface area contributed by atoms with Crippen molar-refractivity contribution in [3.05, 3.63) is 29.8 Å². The third-order valence-corrected chi connectivity index (χ3v) is 3.85. The molecule has 0 bridgehead atoms. The number of nitrogens with one attached hydrogen (secondary N) is 1. The first kappa shape index (κ1) is 17.0. The summed E-state index contributed by atoms with van der Waals surface area (Å²) in [5.74, 6) is 0.924. The maximum absolute atomic E-state index is 5.18. The molecule has 0 spiro atoms. The van der Waals surface area contributed by atoms with E-state index in [1.54, 1.807) is 7.11 Å². The molecule has 0 heterocycles. The summed E-state index contributed by atoms with van der Waals surface area (Å²) in [6.45, 7) is 5.61. The van der Waals surface area contributed by atoms with E-state index in [0.717, 1.165) is 12.3 Å². The molecule has 0 radical (unpaired) electrons. The van der Waals surface area contributed by atoms with Gasteiger partial charge in [-0.25, -0.2) is 0 Å². The van der Waals surface area contributed by atoms with Gasteiger partial charge in [-0.1, -0.05) is 57.6 Å². The molecule has 0 aromatic heterocycles. The Balaban J connectivity index is 2.08. The van der Waals surface area contributed by atoms with Crippen LogP contribution in [0.5, 0.6) is 5.75 Å². The van der Waals surface area contributed by atoms with E-state index in [1.807, 2.05) is 12.1 Å². The standard InChI is InChI=1S/C18H31NO/c1-4-5-6-7-8-9-10-15-19-16(2)17-11-13-18(20-3)14-12-17/h11-14,16,19H,4-10,15H2,1-3H3/t16-/m0/s1. The molecule has 2 heteroatoms. The summed E-state index contributed by atoms with van der Waals surface area (Å²) < 4.78 is 5.18. The highest BCUT2D eigenvalue weighted by molar-refractivity contribution is 5.28. The fourth-order valence-corrected chi connectivity index (χ4v) is 2.41. The Bertz CT molecular complexity index is 334. The Kier molecular flexibility index (Phi) is 9.14. The van der Waals surface area contributed by atoms with Gasteiger partial charge in [0.15, 0.2) is 0 Å². The minimum atomic E-state index is 0.418. The van der Waals surface area contributed by atoms with Crippen molar-refractivity contribution >= 4 is 0 Å². The molecule has 1 aromatic rings. The quantitative estimate of drug-likeness (QED) is 0.568. The first-order valence-electron chi connectivity index (χ1n) is 8.15. The smallest absolute Gasteiger partial charge is 0.118 e. The monoisotopic (exact) mass is 277 g/mol. The molecule has 0 aliphatic heterocycles. The fourth-order valence-electron chi connectivity index (χ4n) is 2.41. The van der Waals surface area contributed by atoms with Crippen LogP contribution >= 0.6 is 0 Å². The van der Waals surface area contributed by atoms with Crippen molar-refractivity contribution in [3.63, 3.8) is 0 Å². The van der Waals surface area contributed by atoms with E-state index in [-0.39, 0.29) is 0 Å². The maximum atomic E-state index is 5.18. The Morgan fingerprint density at radius 2 is 1.55 bits per heavy atom. The highest BCUT2D eigenvalue weighted by atomic mass is 16.5. The van der Waals surface area contributed by atoms with E-state index in [4.69, 9.17) is 4.74 Å². The molecular weight excluding hydrogens is 246 g/mol. The molecule has 1 rings (SSSR count). The number of methoxy groups -OCH3 is 1. The molecule has 1 atom stereocenters. The van der Waals surface area contributed by atoms with Crippen molar-refractivity contribution < 1.29 is 4.74 Å². The van der Waals surface area contributed by atoms with E-state index in [1.165, 1.54) is 50.5 Å². The lowest BCUT2D eigenvalue weighted by atomic mass is 10.1. The van der Waals surface area contributed by atoms with Crippen LogP contribution in [0.25, 0.3) is 0 Å². The van der Waals surface area contributed by atoms with Crippen LogP contribution < -0.4 is 10.1 Å². The van der Waals surface area contributed by atoms with E-state index < -0.39 is 0 Å². The Hall–Kier alpha value is -1.02. The van der Waals surface area contributed by atoms with Crippen LogP contribution in [0.1, 0.15) is 70.4 Å². The number of unbranched alkanes of at least 4 members (excludes halogenated alkanes) is 6. The van der Waals surface area contributed by atoms with Crippen LogP contribution in [0.4, 0.5) is 0 Å². The Labute approximate surface area is 124 Å². The molecule has 0 saturated carbocycles. The largest absolute Gasteiger partial charge is 0.497 e. The van der Waals surface area contributed by atoms with Crippen LogP contribution in [0.15, 0.2) is 24.3 Å². The molecule has 0 saturated heterocycles. The zero-order valence-electron chi connectivity index (χ0n) is 13.5. The first-order chi connectivity index (χ1) is 9.77. The maximum Gasteiger partial charge on any atom is 0.118 e. The van der Waals surface area contributed by atoms with Crippen molar-refractivity contribution in [2.45, 2.75) is 64.8 Å². The van der Waals surface area contributed by atoms with Gasteiger partial charge in [0.05, 0.1) is 7.11 Å². The summed E-state index contributed by atoms with van der Waals surface area (Å²) >= 11 is 0. The molecule has 1 N–H and O–H groups in total. The minimum Gasteiger partial charge on any atom is -0.497 e. The molecule has 20 heavy (non-hydrogen) atoms. The molecule has 0 aliphatic carbocycles. The van der Waals surface area contributed by atoms with E-state index in [0.29, 0.717) is 6.04 Å². The second-order valence-electron chi connectivity index (χ2n) is 5.57. The van der Waals surface area contributed by atoms with Gasteiger partial charge in [0.25, 0.3) is 0 Å². The Morgan fingerprint density at radius 3 is 2.15 bits per heavy atom. The van der Waals surface area contributed by atoms with Gasteiger partial charge in [0.1, 0.15) is 5.75 Å². The number of hydrogen-bond donors (Lipinski definition) is 1. The highest BCUT2D eigenvalue weighted by Crippen LogP contribution is 2.17. The molecular formula is C18H31NO. The Morgan fingerprint density at radius 1 is 0.950 bits per heavy atom. The first-order valence-corrected chi connectivity index (χ1v) is 8.15. The van der Waals surface area contributed by atoms with Crippen LogP contribution in [0.3, 0.4) is 0 Å². The summed E-state index contributed by atoms with van der Waals surface area (Å²) in [5, 5.41) is 3.60. The van der Waals surface area contributed by atoms with Gasteiger partial charge in [-0.3, -0.25) is 0 Å². The van der Waals surface area contributed by atoms with Crippen LogP contribution in [-0.2, 0) is 0 Å². The fraction of sp³-hybridized carbons (Fsp3) is 0.667. The summed E-state index contributed by atoms with van der Waals surface area (Å²) in [4.78, 5) is 0. The molecule has 2 nitrogen and oxygen atoms in total. The SMILES string of the molecule is CCCCCCCCCN[C@@H](C)c1ccc(OC)cc1. The summed E-state index contributed by atoms with van der Waals surface area (Å²) in [6.07, 6.45) is 9.57. The molecule has 0 fully saturated rings. The lowest BCUT2D eigenvalue weighted by Crippen LogP contribution is -2.19. The van der Waals surface area contributed by atoms with Gasteiger partial charge >= 0.3 is 0 Å². The second kappa shape index (κ2) is 10.7. The lowest BCUT2D eigenvalue weighted by Gasteiger charge is -2.14. The molecule has 1 aromatic carbocycles. The number of benzene rings is 1.